The van der Waals surface area contributed by atoms with E-state index < -0.39 is 0 Å². The first-order valence-corrected chi connectivity index (χ1v) is 5.54. The zero-order valence-electron chi connectivity index (χ0n) is 9.59. The van der Waals surface area contributed by atoms with Gasteiger partial charge in [-0.25, -0.2) is 4.98 Å². The Bertz CT molecular complexity index is 683. The van der Waals surface area contributed by atoms with Gasteiger partial charge >= 0.3 is 0 Å². The molecular formula is C14H13N3. The minimum atomic E-state index is 0.743. The predicted octanol–water partition coefficient (Wildman–Crippen LogP) is 2.92. The van der Waals surface area contributed by atoms with Gasteiger partial charge < -0.3 is 5.73 Å². The van der Waals surface area contributed by atoms with Crippen LogP contribution in [0.3, 0.4) is 0 Å². The van der Waals surface area contributed by atoms with E-state index in [2.05, 4.69) is 28.6 Å². The molecule has 1 aromatic heterocycles. The number of rotatable bonds is 1. The smallest absolute Gasteiger partial charge is 0.100 e. The largest absolute Gasteiger partial charge is 0.399 e. The first-order valence-electron chi connectivity index (χ1n) is 5.54. The lowest BCUT2D eigenvalue weighted by Crippen LogP contribution is -1.94. The van der Waals surface area contributed by atoms with Crippen molar-refractivity contribution in [2.75, 3.05) is 5.73 Å². The van der Waals surface area contributed by atoms with Crippen molar-refractivity contribution in [3.63, 3.8) is 0 Å². The lowest BCUT2D eigenvalue weighted by molar-refractivity contribution is 1.07. The summed E-state index contributed by atoms with van der Waals surface area (Å²) in [5.41, 5.74) is 10.9. The predicted molar refractivity (Wildman–Crippen MR) is 70.2 cm³/mol. The van der Waals surface area contributed by atoms with Gasteiger partial charge in [-0.1, -0.05) is 18.2 Å². The van der Waals surface area contributed by atoms with Crippen molar-refractivity contribution in [2.45, 2.75) is 6.92 Å². The molecule has 3 nitrogen and oxygen atoms in total. The van der Waals surface area contributed by atoms with E-state index in [1.54, 1.807) is 0 Å². The molecule has 0 aliphatic heterocycles. The molecule has 0 bridgehead atoms. The minimum absolute atomic E-state index is 0.743. The van der Waals surface area contributed by atoms with Crippen molar-refractivity contribution in [2.24, 2.45) is 0 Å². The van der Waals surface area contributed by atoms with E-state index in [1.165, 1.54) is 5.56 Å². The highest BCUT2D eigenvalue weighted by molar-refractivity contribution is 5.80. The Labute approximate surface area is 99.5 Å². The third-order valence-electron chi connectivity index (χ3n) is 2.95. The van der Waals surface area contributed by atoms with Crippen molar-refractivity contribution in [3.8, 4) is 5.69 Å². The topological polar surface area (TPSA) is 43.8 Å². The van der Waals surface area contributed by atoms with Crippen LogP contribution in [0.2, 0.25) is 0 Å². The molecule has 0 atom stereocenters. The molecule has 0 amide bonds. The summed E-state index contributed by atoms with van der Waals surface area (Å²) in [6.45, 7) is 2.10. The van der Waals surface area contributed by atoms with E-state index in [1.807, 2.05) is 36.7 Å². The average Bonchev–Trinajstić information content (AvgIpc) is 2.72. The van der Waals surface area contributed by atoms with E-state index in [0.717, 1.165) is 22.4 Å². The van der Waals surface area contributed by atoms with Gasteiger partial charge in [0.2, 0.25) is 0 Å². The molecular weight excluding hydrogens is 210 g/mol. The van der Waals surface area contributed by atoms with Crippen molar-refractivity contribution in [1.82, 2.24) is 9.55 Å². The molecule has 0 saturated heterocycles. The highest BCUT2D eigenvalue weighted by Crippen LogP contribution is 2.21. The fraction of sp³-hybridized carbons (Fsp3) is 0.0714. The van der Waals surface area contributed by atoms with Gasteiger partial charge in [0.15, 0.2) is 0 Å². The summed E-state index contributed by atoms with van der Waals surface area (Å²) in [6.07, 6.45) is 1.84. The van der Waals surface area contributed by atoms with Crippen molar-refractivity contribution in [3.05, 3.63) is 54.4 Å². The van der Waals surface area contributed by atoms with Crippen LogP contribution in [0.5, 0.6) is 0 Å². The molecule has 1 heterocycles. The summed E-state index contributed by atoms with van der Waals surface area (Å²) in [4.78, 5) is 4.38. The number of anilines is 1. The molecule has 17 heavy (non-hydrogen) atoms. The number of nitrogens with zero attached hydrogens (tertiary/aromatic N) is 2. The van der Waals surface area contributed by atoms with Gasteiger partial charge in [-0.05, 0) is 36.8 Å². The van der Waals surface area contributed by atoms with Gasteiger partial charge in [0.25, 0.3) is 0 Å². The van der Waals surface area contributed by atoms with Crippen molar-refractivity contribution < 1.29 is 0 Å². The summed E-state index contributed by atoms with van der Waals surface area (Å²) in [6, 6.07) is 14.1. The maximum absolute atomic E-state index is 5.75. The standard InChI is InChI=1S/C14H13N3/c1-10-4-2-3-5-13(10)17-9-16-12-8-11(15)6-7-14(12)17/h2-9H,15H2,1H3. The molecule has 2 N–H and O–H groups in total. The second-order valence-electron chi connectivity index (χ2n) is 4.15. The number of fused-ring (bicyclic) bond motifs is 1. The first kappa shape index (κ1) is 9.90. The Kier molecular flexibility index (Phi) is 2.11. The number of aromatic nitrogens is 2. The summed E-state index contributed by atoms with van der Waals surface area (Å²) < 4.78 is 2.09. The molecule has 0 unspecified atom stereocenters. The number of imidazole rings is 1. The maximum Gasteiger partial charge on any atom is 0.100 e. The summed E-state index contributed by atoms with van der Waals surface area (Å²) in [5, 5.41) is 0. The highest BCUT2D eigenvalue weighted by atomic mass is 15.0. The van der Waals surface area contributed by atoms with E-state index in [-0.39, 0.29) is 0 Å². The molecule has 3 rings (SSSR count). The van der Waals surface area contributed by atoms with Crippen molar-refractivity contribution in [1.29, 1.82) is 0 Å². The van der Waals surface area contributed by atoms with Crippen LogP contribution in [0.25, 0.3) is 16.7 Å². The van der Waals surface area contributed by atoms with Crippen LogP contribution in [0.1, 0.15) is 5.56 Å². The average molecular weight is 223 g/mol. The van der Waals surface area contributed by atoms with Gasteiger partial charge in [0.05, 0.1) is 16.7 Å². The van der Waals surface area contributed by atoms with Crippen LogP contribution in [-0.2, 0) is 0 Å². The molecule has 84 valence electrons. The van der Waals surface area contributed by atoms with Gasteiger partial charge in [-0.3, -0.25) is 4.57 Å². The van der Waals surface area contributed by atoms with E-state index in [4.69, 9.17) is 5.73 Å². The fourth-order valence-corrected chi connectivity index (χ4v) is 2.06. The van der Waals surface area contributed by atoms with Gasteiger partial charge in [0, 0.05) is 5.69 Å². The molecule has 2 aromatic carbocycles. The maximum atomic E-state index is 5.75. The Morgan fingerprint density at radius 3 is 2.76 bits per heavy atom. The van der Waals surface area contributed by atoms with Gasteiger partial charge in [0.1, 0.15) is 6.33 Å². The van der Waals surface area contributed by atoms with Crippen LogP contribution in [-0.4, -0.2) is 9.55 Å². The summed E-state index contributed by atoms with van der Waals surface area (Å²) in [7, 11) is 0. The van der Waals surface area contributed by atoms with Crippen molar-refractivity contribution >= 4 is 16.7 Å². The second-order valence-corrected chi connectivity index (χ2v) is 4.15. The molecule has 0 aliphatic carbocycles. The molecule has 3 heteroatoms. The van der Waals surface area contributed by atoms with Crippen LogP contribution in [0.15, 0.2) is 48.8 Å². The number of hydrogen-bond donors (Lipinski definition) is 1. The lowest BCUT2D eigenvalue weighted by atomic mass is 10.2. The summed E-state index contributed by atoms with van der Waals surface area (Å²) in [5.74, 6) is 0. The minimum Gasteiger partial charge on any atom is -0.399 e. The third kappa shape index (κ3) is 1.56. The Balaban J connectivity index is 2.29. The lowest BCUT2D eigenvalue weighted by Gasteiger charge is -2.07. The number of hydrogen-bond acceptors (Lipinski definition) is 2. The number of para-hydroxylation sites is 1. The Hall–Kier alpha value is -2.29. The molecule has 3 aromatic rings. The SMILES string of the molecule is Cc1ccccc1-n1cnc2cc(N)ccc21. The number of aryl methyl sites for hydroxylation is 1. The van der Waals surface area contributed by atoms with Crippen LogP contribution < -0.4 is 5.73 Å². The monoisotopic (exact) mass is 223 g/mol. The second kappa shape index (κ2) is 3.63. The zero-order valence-corrected chi connectivity index (χ0v) is 9.59. The van der Waals surface area contributed by atoms with E-state index in [9.17, 15) is 0 Å². The number of nitrogen functional groups attached to an aromatic ring is 1. The summed E-state index contributed by atoms with van der Waals surface area (Å²) >= 11 is 0. The van der Waals surface area contributed by atoms with Gasteiger partial charge in [-0.2, -0.15) is 0 Å². The van der Waals surface area contributed by atoms with E-state index >= 15 is 0 Å². The third-order valence-corrected chi connectivity index (χ3v) is 2.95. The Morgan fingerprint density at radius 2 is 1.94 bits per heavy atom. The first-order chi connectivity index (χ1) is 8.25. The van der Waals surface area contributed by atoms with Crippen LogP contribution in [0.4, 0.5) is 5.69 Å². The molecule has 0 radical (unpaired) electrons. The van der Waals surface area contributed by atoms with Crippen LogP contribution >= 0.6 is 0 Å². The fourth-order valence-electron chi connectivity index (χ4n) is 2.06. The van der Waals surface area contributed by atoms with Crippen LogP contribution in [0, 0.1) is 6.92 Å². The quantitative estimate of drug-likeness (QED) is 0.644. The normalized spacial score (nSPS) is 10.9. The highest BCUT2D eigenvalue weighted by Gasteiger charge is 2.06. The molecule has 0 aliphatic rings. The molecule has 0 spiro atoms. The van der Waals surface area contributed by atoms with Gasteiger partial charge in [-0.15, -0.1) is 0 Å². The Morgan fingerprint density at radius 1 is 1.12 bits per heavy atom. The molecule has 0 fully saturated rings. The molecule has 0 saturated carbocycles. The zero-order chi connectivity index (χ0) is 11.8. The number of nitrogens with two attached hydrogens (primary N) is 1. The number of benzene rings is 2. The van der Waals surface area contributed by atoms with E-state index in [0.29, 0.717) is 0 Å².